The summed E-state index contributed by atoms with van der Waals surface area (Å²) < 4.78 is 18.7. The average molecular weight is 352 g/mol. The number of ether oxygens (including phenoxy) is 1. The molecular weight excluding hydrogens is 335 g/mol. The Balaban J connectivity index is 1.66. The number of carbonyl (C=O) groups excluding carboxylic acids is 1. The van der Waals surface area contributed by atoms with E-state index in [9.17, 15) is 9.18 Å². The highest BCUT2D eigenvalue weighted by molar-refractivity contribution is 5.92. The van der Waals surface area contributed by atoms with Gasteiger partial charge in [0.15, 0.2) is 0 Å². The summed E-state index contributed by atoms with van der Waals surface area (Å²) >= 11 is 0. The number of nitrogens with one attached hydrogen (secondary N) is 2. The Morgan fingerprint density at radius 1 is 1.12 bits per heavy atom. The fourth-order valence-electron chi connectivity index (χ4n) is 2.28. The third kappa shape index (κ3) is 4.32. The summed E-state index contributed by atoms with van der Waals surface area (Å²) in [6.07, 6.45) is 1.30. The van der Waals surface area contributed by atoms with Crippen molar-refractivity contribution in [2.24, 2.45) is 0 Å². The first kappa shape index (κ1) is 17.3. The maximum Gasteiger partial charge on any atom is 0.270 e. The highest BCUT2D eigenvalue weighted by Crippen LogP contribution is 2.18. The van der Waals surface area contributed by atoms with Gasteiger partial charge in [-0.25, -0.2) is 14.4 Å². The van der Waals surface area contributed by atoms with Crippen molar-refractivity contribution in [2.75, 3.05) is 12.4 Å². The maximum absolute atomic E-state index is 13.6. The molecule has 1 heterocycles. The van der Waals surface area contributed by atoms with E-state index in [1.165, 1.54) is 18.5 Å². The van der Waals surface area contributed by atoms with Crippen molar-refractivity contribution in [3.63, 3.8) is 0 Å². The molecule has 2 N–H and O–H groups in total. The quantitative estimate of drug-likeness (QED) is 0.712. The number of benzene rings is 2. The second kappa shape index (κ2) is 8.06. The number of methoxy groups -OCH3 is 1. The Labute approximate surface area is 150 Å². The number of aromatic nitrogens is 2. The van der Waals surface area contributed by atoms with Crippen LogP contribution >= 0.6 is 0 Å². The van der Waals surface area contributed by atoms with E-state index in [1.807, 2.05) is 24.3 Å². The van der Waals surface area contributed by atoms with Crippen LogP contribution in [0.25, 0.3) is 0 Å². The lowest BCUT2D eigenvalue weighted by Crippen LogP contribution is -2.24. The number of amides is 1. The lowest BCUT2D eigenvalue weighted by molar-refractivity contribution is 0.0945. The molecule has 0 aliphatic rings. The Morgan fingerprint density at radius 2 is 1.88 bits per heavy atom. The van der Waals surface area contributed by atoms with Crippen molar-refractivity contribution in [3.05, 3.63) is 78.0 Å². The molecule has 2 aromatic carbocycles. The molecule has 26 heavy (non-hydrogen) atoms. The van der Waals surface area contributed by atoms with Crippen LogP contribution in [-0.4, -0.2) is 23.0 Å². The van der Waals surface area contributed by atoms with Gasteiger partial charge in [-0.2, -0.15) is 0 Å². The monoisotopic (exact) mass is 352 g/mol. The zero-order chi connectivity index (χ0) is 18.4. The Kier molecular flexibility index (Phi) is 5.38. The third-order valence-corrected chi connectivity index (χ3v) is 3.66. The minimum atomic E-state index is -0.409. The third-order valence-electron chi connectivity index (χ3n) is 3.66. The van der Waals surface area contributed by atoms with Gasteiger partial charge in [0.05, 0.1) is 7.11 Å². The van der Waals surface area contributed by atoms with E-state index in [1.54, 1.807) is 25.3 Å². The predicted molar refractivity (Wildman–Crippen MR) is 95.9 cm³/mol. The van der Waals surface area contributed by atoms with Gasteiger partial charge in [-0.3, -0.25) is 4.79 Å². The van der Waals surface area contributed by atoms with Gasteiger partial charge in [-0.1, -0.05) is 18.2 Å². The first-order valence-electron chi connectivity index (χ1n) is 7.90. The highest BCUT2D eigenvalue weighted by Gasteiger charge is 2.10. The first-order chi connectivity index (χ1) is 12.7. The first-order valence-corrected chi connectivity index (χ1v) is 7.90. The number of nitrogens with zero attached hydrogens (tertiary/aromatic N) is 2. The van der Waals surface area contributed by atoms with Gasteiger partial charge in [0.2, 0.25) is 0 Å². The van der Waals surface area contributed by atoms with Crippen LogP contribution < -0.4 is 15.4 Å². The largest absolute Gasteiger partial charge is 0.497 e. The molecule has 0 aliphatic carbocycles. The van der Waals surface area contributed by atoms with E-state index >= 15 is 0 Å². The van der Waals surface area contributed by atoms with Gasteiger partial charge in [-0.15, -0.1) is 0 Å². The minimum absolute atomic E-state index is 0.0801. The van der Waals surface area contributed by atoms with Gasteiger partial charge in [0.1, 0.15) is 29.4 Å². The molecule has 0 spiro atoms. The van der Waals surface area contributed by atoms with Crippen molar-refractivity contribution in [2.45, 2.75) is 6.54 Å². The highest BCUT2D eigenvalue weighted by atomic mass is 19.1. The molecule has 0 unspecified atom stereocenters. The van der Waals surface area contributed by atoms with Gasteiger partial charge >= 0.3 is 0 Å². The fraction of sp³-hybridized carbons (Fsp3) is 0.105. The molecule has 7 heteroatoms. The van der Waals surface area contributed by atoms with E-state index in [-0.39, 0.29) is 18.1 Å². The number of hydrogen-bond acceptors (Lipinski definition) is 5. The molecule has 0 aliphatic heterocycles. The summed E-state index contributed by atoms with van der Waals surface area (Å²) in [5.74, 6) is 0.443. The number of anilines is 2. The van der Waals surface area contributed by atoms with E-state index in [0.717, 1.165) is 11.4 Å². The van der Waals surface area contributed by atoms with Crippen LogP contribution in [-0.2, 0) is 6.54 Å². The lowest BCUT2D eigenvalue weighted by Gasteiger charge is -2.09. The SMILES string of the molecule is COc1ccc(Nc2cc(C(=O)NCc3ccccc3F)ncn2)cc1. The molecule has 0 bridgehead atoms. The topological polar surface area (TPSA) is 76.1 Å². The summed E-state index contributed by atoms with van der Waals surface area (Å²) in [6, 6.07) is 15.1. The summed E-state index contributed by atoms with van der Waals surface area (Å²) in [4.78, 5) is 20.3. The van der Waals surface area contributed by atoms with Gasteiger partial charge in [0, 0.05) is 23.9 Å². The number of rotatable bonds is 6. The van der Waals surface area contributed by atoms with Gasteiger partial charge < -0.3 is 15.4 Å². The standard InChI is InChI=1S/C19H17FN4O2/c1-26-15-8-6-14(7-9-15)24-18-10-17(22-12-23-18)19(25)21-11-13-4-2-3-5-16(13)20/h2-10,12H,11H2,1H3,(H,21,25)(H,22,23,24). The van der Waals surface area contributed by atoms with Gasteiger partial charge in [-0.05, 0) is 30.3 Å². The number of carbonyl (C=O) groups is 1. The van der Waals surface area contributed by atoms with E-state index in [4.69, 9.17) is 4.74 Å². The van der Waals surface area contributed by atoms with E-state index in [2.05, 4.69) is 20.6 Å². The second-order valence-corrected chi connectivity index (χ2v) is 5.42. The molecule has 0 atom stereocenters. The van der Waals surface area contributed by atoms with Crippen LogP contribution in [0, 0.1) is 5.82 Å². The summed E-state index contributed by atoms with van der Waals surface area (Å²) in [7, 11) is 1.60. The van der Waals surface area contributed by atoms with Crippen molar-refractivity contribution < 1.29 is 13.9 Å². The zero-order valence-electron chi connectivity index (χ0n) is 14.1. The molecule has 6 nitrogen and oxygen atoms in total. The molecule has 1 aromatic heterocycles. The van der Waals surface area contributed by atoms with Crippen molar-refractivity contribution in [1.29, 1.82) is 0 Å². The predicted octanol–water partition coefficient (Wildman–Crippen LogP) is 3.30. The number of hydrogen-bond donors (Lipinski definition) is 2. The van der Waals surface area contributed by atoms with Crippen molar-refractivity contribution in [1.82, 2.24) is 15.3 Å². The van der Waals surface area contributed by atoms with Crippen LogP contribution in [0.1, 0.15) is 16.1 Å². The molecule has 0 fully saturated rings. The lowest BCUT2D eigenvalue weighted by atomic mass is 10.2. The van der Waals surface area contributed by atoms with Crippen LogP contribution in [0.3, 0.4) is 0 Å². The molecule has 1 amide bonds. The fourth-order valence-corrected chi connectivity index (χ4v) is 2.28. The van der Waals surface area contributed by atoms with Crippen LogP contribution in [0.5, 0.6) is 5.75 Å². The summed E-state index contributed by atoms with van der Waals surface area (Å²) in [5, 5.41) is 5.74. The molecule has 0 saturated heterocycles. The maximum atomic E-state index is 13.6. The van der Waals surface area contributed by atoms with Crippen molar-refractivity contribution in [3.8, 4) is 5.75 Å². The molecular formula is C19H17FN4O2. The Bertz CT molecular complexity index is 900. The van der Waals surface area contributed by atoms with E-state index < -0.39 is 5.91 Å². The van der Waals surface area contributed by atoms with Gasteiger partial charge in [0.25, 0.3) is 5.91 Å². The smallest absolute Gasteiger partial charge is 0.270 e. The molecule has 0 saturated carbocycles. The molecule has 3 rings (SSSR count). The molecule has 0 radical (unpaired) electrons. The zero-order valence-corrected chi connectivity index (χ0v) is 14.1. The van der Waals surface area contributed by atoms with Crippen molar-refractivity contribution >= 4 is 17.4 Å². The molecule has 132 valence electrons. The van der Waals surface area contributed by atoms with Crippen LogP contribution in [0.4, 0.5) is 15.9 Å². The van der Waals surface area contributed by atoms with Crippen LogP contribution in [0.2, 0.25) is 0 Å². The summed E-state index contributed by atoms with van der Waals surface area (Å²) in [6.45, 7) is 0.0801. The Hall–Kier alpha value is -3.48. The molecule has 3 aromatic rings. The normalized spacial score (nSPS) is 10.2. The summed E-state index contributed by atoms with van der Waals surface area (Å²) in [5.41, 5.74) is 1.39. The second-order valence-electron chi connectivity index (χ2n) is 5.42. The Morgan fingerprint density at radius 3 is 2.62 bits per heavy atom. The minimum Gasteiger partial charge on any atom is -0.497 e. The van der Waals surface area contributed by atoms with E-state index in [0.29, 0.717) is 11.4 Å². The number of halogens is 1. The van der Waals surface area contributed by atoms with Crippen LogP contribution in [0.15, 0.2) is 60.9 Å². The average Bonchev–Trinajstić information content (AvgIpc) is 2.68.